The summed E-state index contributed by atoms with van der Waals surface area (Å²) in [6.07, 6.45) is -2.93. The van der Waals surface area contributed by atoms with Gasteiger partial charge in [0.25, 0.3) is 0 Å². The Hall–Kier alpha value is -1.99. The Labute approximate surface area is 138 Å². The number of alkyl halides is 3. The average Bonchev–Trinajstić information content (AvgIpc) is 2.45. The molecular formula is C16H21F3N2O3. The summed E-state index contributed by atoms with van der Waals surface area (Å²) < 4.78 is 49.0. The molecule has 0 bridgehead atoms. The Morgan fingerprint density at radius 2 is 2.04 bits per heavy atom. The van der Waals surface area contributed by atoms with E-state index in [0.29, 0.717) is 19.4 Å². The molecule has 1 saturated heterocycles. The Kier molecular flexibility index (Phi) is 5.25. The molecule has 134 valence electrons. The van der Waals surface area contributed by atoms with Gasteiger partial charge in [-0.2, -0.15) is 13.2 Å². The summed E-state index contributed by atoms with van der Waals surface area (Å²) in [6.45, 7) is 6.11. The number of ether oxygens (including phenoxy) is 2. The summed E-state index contributed by atoms with van der Waals surface area (Å²) in [5.74, 6) is -0.0964. The molecule has 1 fully saturated rings. The van der Waals surface area contributed by atoms with Gasteiger partial charge in [-0.25, -0.2) is 9.78 Å². The minimum Gasteiger partial charge on any atom is -0.472 e. The highest BCUT2D eigenvalue weighted by atomic mass is 19.4. The lowest BCUT2D eigenvalue weighted by Gasteiger charge is -2.34. The topological polar surface area (TPSA) is 51.7 Å². The fourth-order valence-corrected chi connectivity index (χ4v) is 2.35. The second-order valence-electron chi connectivity index (χ2n) is 6.69. The van der Waals surface area contributed by atoms with Crippen LogP contribution in [0.25, 0.3) is 0 Å². The number of likely N-dealkylation sites (tertiary alicyclic amines) is 1. The zero-order valence-corrected chi connectivity index (χ0v) is 13.9. The summed E-state index contributed by atoms with van der Waals surface area (Å²) in [4.78, 5) is 17.4. The van der Waals surface area contributed by atoms with E-state index >= 15 is 0 Å². The maximum absolute atomic E-state index is 12.7. The third-order valence-electron chi connectivity index (χ3n) is 3.38. The van der Waals surface area contributed by atoms with E-state index < -0.39 is 29.5 Å². The number of pyridine rings is 1. The monoisotopic (exact) mass is 346 g/mol. The zero-order chi connectivity index (χ0) is 18.0. The number of aromatic nitrogens is 1. The Morgan fingerprint density at radius 3 is 2.67 bits per heavy atom. The van der Waals surface area contributed by atoms with E-state index in [0.717, 1.165) is 18.3 Å². The number of nitrogens with zero attached hydrogens (tertiary/aromatic N) is 2. The number of hydrogen-bond donors (Lipinski definition) is 0. The summed E-state index contributed by atoms with van der Waals surface area (Å²) in [5, 5.41) is 0. The predicted molar refractivity (Wildman–Crippen MR) is 80.7 cm³/mol. The van der Waals surface area contributed by atoms with E-state index in [2.05, 4.69) is 4.98 Å². The van der Waals surface area contributed by atoms with Crippen molar-refractivity contribution in [2.75, 3.05) is 13.1 Å². The predicted octanol–water partition coefficient (Wildman–Crippen LogP) is 3.88. The summed E-state index contributed by atoms with van der Waals surface area (Å²) in [7, 11) is 0. The lowest BCUT2D eigenvalue weighted by molar-refractivity contribution is -0.137. The molecule has 0 aromatic carbocycles. The first-order valence-corrected chi connectivity index (χ1v) is 7.72. The molecule has 1 aromatic heterocycles. The van der Waals surface area contributed by atoms with Gasteiger partial charge in [0.2, 0.25) is 5.88 Å². The molecule has 1 aromatic rings. The van der Waals surface area contributed by atoms with Gasteiger partial charge in [-0.3, -0.25) is 0 Å². The molecule has 1 amide bonds. The first kappa shape index (κ1) is 18.4. The van der Waals surface area contributed by atoms with Gasteiger partial charge in [0.15, 0.2) is 0 Å². The molecule has 0 aliphatic carbocycles. The van der Waals surface area contributed by atoms with Crippen LogP contribution in [0.2, 0.25) is 0 Å². The van der Waals surface area contributed by atoms with Crippen molar-refractivity contribution in [1.29, 1.82) is 0 Å². The lowest BCUT2D eigenvalue weighted by Crippen LogP contribution is -2.46. The summed E-state index contributed by atoms with van der Waals surface area (Å²) >= 11 is 0. The molecular weight excluding hydrogens is 325 g/mol. The zero-order valence-electron chi connectivity index (χ0n) is 13.9. The number of piperidine rings is 1. The SMILES string of the molecule is CC(C)(C)OC(=O)N1CCCC(Oc2cc(C(F)(F)F)ccn2)C1. The number of halogens is 3. The normalized spacial score (nSPS) is 19.1. The minimum atomic E-state index is -4.45. The van der Waals surface area contributed by atoms with Gasteiger partial charge in [-0.15, -0.1) is 0 Å². The Balaban J connectivity index is 1.99. The van der Waals surface area contributed by atoms with Gasteiger partial charge < -0.3 is 14.4 Å². The van der Waals surface area contributed by atoms with Crippen molar-refractivity contribution in [3.63, 3.8) is 0 Å². The van der Waals surface area contributed by atoms with E-state index in [-0.39, 0.29) is 12.4 Å². The molecule has 0 saturated carbocycles. The maximum Gasteiger partial charge on any atom is 0.416 e. The molecule has 1 atom stereocenters. The molecule has 0 N–H and O–H groups in total. The van der Waals surface area contributed by atoms with E-state index in [4.69, 9.17) is 9.47 Å². The van der Waals surface area contributed by atoms with Crippen molar-refractivity contribution >= 4 is 6.09 Å². The molecule has 5 nitrogen and oxygen atoms in total. The molecule has 1 unspecified atom stereocenters. The first-order valence-electron chi connectivity index (χ1n) is 7.72. The number of carbonyl (C=O) groups is 1. The van der Waals surface area contributed by atoms with Gasteiger partial charge in [-0.1, -0.05) is 0 Å². The highest BCUT2D eigenvalue weighted by Gasteiger charge is 2.32. The van der Waals surface area contributed by atoms with Crippen LogP contribution in [-0.2, 0) is 10.9 Å². The van der Waals surface area contributed by atoms with E-state index in [1.807, 2.05) is 0 Å². The van der Waals surface area contributed by atoms with Crippen LogP contribution in [0, 0.1) is 0 Å². The molecule has 1 aliphatic rings. The van der Waals surface area contributed by atoms with Gasteiger partial charge >= 0.3 is 12.3 Å². The maximum atomic E-state index is 12.7. The third-order valence-corrected chi connectivity index (χ3v) is 3.38. The molecule has 0 spiro atoms. The first-order chi connectivity index (χ1) is 11.0. The molecule has 2 heterocycles. The van der Waals surface area contributed by atoms with Crippen LogP contribution < -0.4 is 4.74 Å². The van der Waals surface area contributed by atoms with Crippen LogP contribution in [0.5, 0.6) is 5.88 Å². The van der Waals surface area contributed by atoms with Crippen molar-refractivity contribution in [3.05, 3.63) is 23.9 Å². The summed E-state index contributed by atoms with van der Waals surface area (Å²) in [5.41, 5.74) is -1.42. The largest absolute Gasteiger partial charge is 0.472 e. The number of rotatable bonds is 2. The van der Waals surface area contributed by atoms with Crippen molar-refractivity contribution < 1.29 is 27.4 Å². The number of hydrogen-bond acceptors (Lipinski definition) is 4. The quantitative estimate of drug-likeness (QED) is 0.815. The highest BCUT2D eigenvalue weighted by Crippen LogP contribution is 2.31. The van der Waals surface area contributed by atoms with Crippen LogP contribution in [-0.4, -0.2) is 40.8 Å². The molecule has 0 radical (unpaired) electrons. The van der Waals surface area contributed by atoms with E-state index in [1.54, 1.807) is 20.8 Å². The van der Waals surface area contributed by atoms with Crippen LogP contribution in [0.4, 0.5) is 18.0 Å². The van der Waals surface area contributed by atoms with Gasteiger partial charge in [0, 0.05) is 18.8 Å². The number of amides is 1. The van der Waals surface area contributed by atoms with Gasteiger partial charge in [0.1, 0.15) is 11.7 Å². The van der Waals surface area contributed by atoms with E-state index in [9.17, 15) is 18.0 Å². The molecule has 1 aliphatic heterocycles. The second-order valence-corrected chi connectivity index (χ2v) is 6.69. The van der Waals surface area contributed by atoms with Crippen molar-refractivity contribution in [2.45, 2.75) is 51.5 Å². The van der Waals surface area contributed by atoms with Crippen LogP contribution in [0.3, 0.4) is 0 Å². The molecule has 8 heteroatoms. The van der Waals surface area contributed by atoms with Gasteiger partial charge in [0.05, 0.1) is 12.1 Å². The standard InChI is InChI=1S/C16H21F3N2O3/c1-15(2,3)24-14(22)21-8-4-5-12(10-21)23-13-9-11(6-7-20-13)16(17,18)19/h6-7,9,12H,4-5,8,10H2,1-3H3. The Morgan fingerprint density at radius 1 is 1.33 bits per heavy atom. The third kappa shape index (κ3) is 5.28. The minimum absolute atomic E-state index is 0.0964. The number of carbonyl (C=O) groups excluding carboxylic acids is 1. The second kappa shape index (κ2) is 6.86. The highest BCUT2D eigenvalue weighted by molar-refractivity contribution is 5.68. The van der Waals surface area contributed by atoms with Crippen LogP contribution in [0.15, 0.2) is 18.3 Å². The fourth-order valence-electron chi connectivity index (χ4n) is 2.35. The fraction of sp³-hybridized carbons (Fsp3) is 0.625. The smallest absolute Gasteiger partial charge is 0.416 e. The lowest BCUT2D eigenvalue weighted by atomic mass is 10.1. The van der Waals surface area contributed by atoms with Crippen molar-refractivity contribution in [3.8, 4) is 5.88 Å². The van der Waals surface area contributed by atoms with Gasteiger partial charge in [-0.05, 0) is 39.7 Å². The van der Waals surface area contributed by atoms with Crippen LogP contribution >= 0.6 is 0 Å². The molecule has 24 heavy (non-hydrogen) atoms. The summed E-state index contributed by atoms with van der Waals surface area (Å²) in [6, 6.07) is 1.76. The Bertz CT molecular complexity index is 585. The average molecular weight is 346 g/mol. The van der Waals surface area contributed by atoms with Crippen molar-refractivity contribution in [1.82, 2.24) is 9.88 Å². The van der Waals surface area contributed by atoms with Crippen molar-refractivity contribution in [2.24, 2.45) is 0 Å². The molecule has 2 rings (SSSR count). The van der Waals surface area contributed by atoms with E-state index in [1.165, 1.54) is 4.90 Å². The van der Waals surface area contributed by atoms with Crippen LogP contribution in [0.1, 0.15) is 39.2 Å².